The molecule has 0 aromatic carbocycles. The molecule has 1 saturated heterocycles. The van der Waals surface area contributed by atoms with Gasteiger partial charge in [-0.1, -0.05) is 18.9 Å². The zero-order valence-corrected chi connectivity index (χ0v) is 15.8. The van der Waals surface area contributed by atoms with Gasteiger partial charge in [-0.3, -0.25) is 4.79 Å². The van der Waals surface area contributed by atoms with E-state index >= 15 is 0 Å². The van der Waals surface area contributed by atoms with E-state index in [0.29, 0.717) is 29.7 Å². The first-order valence-electron chi connectivity index (χ1n) is 9.02. The Labute approximate surface area is 156 Å². The average molecular weight is 374 g/mol. The lowest BCUT2D eigenvalue weighted by molar-refractivity contribution is -0.145. The van der Waals surface area contributed by atoms with E-state index in [1.165, 1.54) is 18.4 Å². The van der Waals surface area contributed by atoms with Gasteiger partial charge < -0.3 is 14.1 Å². The molecule has 3 unspecified atom stereocenters. The SMILES string of the molecule is COC(=O)C1CC2CCCCC2N1C(=O)c1nc(-c2cccs2)oc1C. The fourth-order valence-corrected chi connectivity index (χ4v) is 4.97. The van der Waals surface area contributed by atoms with Gasteiger partial charge in [-0.2, -0.15) is 0 Å². The number of carbonyl (C=O) groups is 2. The summed E-state index contributed by atoms with van der Waals surface area (Å²) >= 11 is 1.51. The number of rotatable bonds is 3. The highest BCUT2D eigenvalue weighted by Crippen LogP contribution is 2.41. The zero-order valence-electron chi connectivity index (χ0n) is 14.9. The summed E-state index contributed by atoms with van der Waals surface area (Å²) in [4.78, 5) is 32.7. The summed E-state index contributed by atoms with van der Waals surface area (Å²) in [5.41, 5.74) is 0.300. The van der Waals surface area contributed by atoms with Crippen molar-refractivity contribution in [2.75, 3.05) is 7.11 Å². The first-order valence-corrected chi connectivity index (χ1v) is 9.90. The third-order valence-electron chi connectivity index (χ3n) is 5.53. The number of carbonyl (C=O) groups excluding carboxylic acids is 2. The van der Waals surface area contributed by atoms with E-state index in [-0.39, 0.29) is 17.9 Å². The molecule has 1 saturated carbocycles. The van der Waals surface area contributed by atoms with Crippen LogP contribution in [0.3, 0.4) is 0 Å². The Balaban J connectivity index is 1.68. The fraction of sp³-hybridized carbons (Fsp3) is 0.526. The molecule has 2 fully saturated rings. The molecule has 3 heterocycles. The lowest BCUT2D eigenvalue weighted by Gasteiger charge is -2.32. The van der Waals surface area contributed by atoms with Gasteiger partial charge in [0.05, 0.1) is 12.0 Å². The molecule has 2 aromatic heterocycles. The standard InChI is InChI=1S/C19H22N2O4S/c1-11-16(20-17(25-11)15-8-5-9-26-15)18(22)21-13-7-4-3-6-12(13)10-14(21)19(23)24-2/h5,8-9,12-14H,3-4,6-7,10H2,1-2H3. The molecule has 6 nitrogen and oxygen atoms in total. The normalized spacial score (nSPS) is 25.2. The number of amides is 1. The quantitative estimate of drug-likeness (QED) is 0.767. The minimum Gasteiger partial charge on any atom is -0.467 e. The molecule has 2 aromatic rings. The summed E-state index contributed by atoms with van der Waals surface area (Å²) in [5.74, 6) is 0.739. The maximum atomic E-state index is 13.3. The third-order valence-corrected chi connectivity index (χ3v) is 6.38. The van der Waals surface area contributed by atoms with Crippen LogP contribution in [0, 0.1) is 12.8 Å². The van der Waals surface area contributed by atoms with Crippen LogP contribution in [0.25, 0.3) is 10.8 Å². The van der Waals surface area contributed by atoms with E-state index in [0.717, 1.165) is 30.6 Å². The molecule has 138 valence electrons. The van der Waals surface area contributed by atoms with Gasteiger partial charge in [0.15, 0.2) is 5.69 Å². The molecular weight excluding hydrogens is 352 g/mol. The summed E-state index contributed by atoms with van der Waals surface area (Å²) in [6.07, 6.45) is 4.90. The topological polar surface area (TPSA) is 72.6 Å². The molecule has 4 rings (SSSR count). The van der Waals surface area contributed by atoms with Crippen LogP contribution in [0.15, 0.2) is 21.9 Å². The first kappa shape index (κ1) is 17.3. The van der Waals surface area contributed by atoms with Crippen molar-refractivity contribution < 1.29 is 18.7 Å². The van der Waals surface area contributed by atoms with Gasteiger partial charge in [0.25, 0.3) is 5.91 Å². The van der Waals surface area contributed by atoms with Crippen molar-refractivity contribution in [3.8, 4) is 10.8 Å². The number of hydrogen-bond donors (Lipinski definition) is 0. The number of aromatic nitrogens is 1. The third kappa shape index (κ3) is 2.84. The molecule has 0 bridgehead atoms. The summed E-state index contributed by atoms with van der Waals surface area (Å²) in [5, 5.41) is 1.94. The van der Waals surface area contributed by atoms with Crippen LogP contribution in [0.2, 0.25) is 0 Å². The minimum absolute atomic E-state index is 0.0848. The highest BCUT2D eigenvalue weighted by molar-refractivity contribution is 7.13. The predicted molar refractivity (Wildman–Crippen MR) is 96.9 cm³/mol. The Hall–Kier alpha value is -2.15. The van der Waals surface area contributed by atoms with E-state index in [1.807, 2.05) is 17.5 Å². The number of hydrogen-bond acceptors (Lipinski definition) is 6. The molecule has 0 N–H and O–H groups in total. The summed E-state index contributed by atoms with van der Waals surface area (Å²) in [6, 6.07) is 3.39. The highest BCUT2D eigenvalue weighted by atomic mass is 32.1. The van der Waals surface area contributed by atoms with E-state index < -0.39 is 6.04 Å². The first-order chi connectivity index (χ1) is 12.6. The van der Waals surface area contributed by atoms with Crippen molar-refractivity contribution >= 4 is 23.2 Å². The number of nitrogens with zero attached hydrogens (tertiary/aromatic N) is 2. The van der Waals surface area contributed by atoms with Crippen molar-refractivity contribution in [1.29, 1.82) is 0 Å². The Bertz CT molecular complexity index is 814. The van der Waals surface area contributed by atoms with Crippen LogP contribution >= 0.6 is 11.3 Å². The van der Waals surface area contributed by atoms with Crippen LogP contribution in [-0.2, 0) is 9.53 Å². The van der Waals surface area contributed by atoms with Crippen molar-refractivity contribution in [3.63, 3.8) is 0 Å². The Morgan fingerprint density at radius 1 is 1.35 bits per heavy atom. The number of ether oxygens (including phenoxy) is 1. The van der Waals surface area contributed by atoms with Gasteiger partial charge in [-0.05, 0) is 43.6 Å². The minimum atomic E-state index is -0.526. The number of fused-ring (bicyclic) bond motifs is 1. The zero-order chi connectivity index (χ0) is 18.3. The molecule has 1 aliphatic carbocycles. The molecule has 0 spiro atoms. The molecule has 3 atom stereocenters. The number of aryl methyl sites for hydroxylation is 1. The highest BCUT2D eigenvalue weighted by Gasteiger charge is 2.49. The lowest BCUT2D eigenvalue weighted by Crippen LogP contribution is -2.46. The van der Waals surface area contributed by atoms with Gasteiger partial charge >= 0.3 is 5.97 Å². The van der Waals surface area contributed by atoms with Gasteiger partial charge in [0, 0.05) is 6.04 Å². The Morgan fingerprint density at radius 3 is 2.88 bits per heavy atom. The average Bonchev–Trinajstić information content (AvgIpc) is 3.38. The van der Waals surface area contributed by atoms with Gasteiger partial charge in [-0.25, -0.2) is 9.78 Å². The van der Waals surface area contributed by atoms with Crippen LogP contribution in [0.5, 0.6) is 0 Å². The van der Waals surface area contributed by atoms with Crippen LogP contribution in [0.4, 0.5) is 0 Å². The Morgan fingerprint density at radius 2 is 2.15 bits per heavy atom. The van der Waals surface area contributed by atoms with Crippen molar-refractivity contribution in [2.45, 2.75) is 51.1 Å². The summed E-state index contributed by atoms with van der Waals surface area (Å²) in [7, 11) is 1.38. The molecule has 1 aliphatic heterocycles. The summed E-state index contributed by atoms with van der Waals surface area (Å²) < 4.78 is 10.7. The van der Waals surface area contributed by atoms with E-state index in [4.69, 9.17) is 9.15 Å². The molecule has 2 aliphatic rings. The number of esters is 1. The predicted octanol–water partition coefficient (Wildman–Crippen LogP) is 3.66. The fourth-order valence-electron chi connectivity index (χ4n) is 4.32. The van der Waals surface area contributed by atoms with E-state index in [1.54, 1.807) is 11.8 Å². The van der Waals surface area contributed by atoms with Crippen LogP contribution < -0.4 is 0 Å². The second-order valence-electron chi connectivity index (χ2n) is 7.00. The number of likely N-dealkylation sites (tertiary alicyclic amines) is 1. The summed E-state index contributed by atoms with van der Waals surface area (Å²) in [6.45, 7) is 1.75. The monoisotopic (exact) mass is 374 g/mol. The second kappa shape index (κ2) is 6.87. The number of thiophene rings is 1. The van der Waals surface area contributed by atoms with E-state index in [2.05, 4.69) is 4.98 Å². The molecule has 7 heteroatoms. The van der Waals surface area contributed by atoms with Gasteiger partial charge in [0.2, 0.25) is 5.89 Å². The van der Waals surface area contributed by atoms with Crippen molar-refractivity contribution in [1.82, 2.24) is 9.88 Å². The molecule has 0 radical (unpaired) electrons. The maximum Gasteiger partial charge on any atom is 0.328 e. The smallest absolute Gasteiger partial charge is 0.328 e. The van der Waals surface area contributed by atoms with Crippen molar-refractivity contribution in [3.05, 3.63) is 29.0 Å². The number of methoxy groups -OCH3 is 1. The largest absolute Gasteiger partial charge is 0.467 e. The molecule has 1 amide bonds. The second-order valence-corrected chi connectivity index (χ2v) is 7.95. The van der Waals surface area contributed by atoms with E-state index in [9.17, 15) is 9.59 Å². The lowest BCUT2D eigenvalue weighted by atomic mass is 9.84. The van der Waals surface area contributed by atoms with Crippen LogP contribution in [-0.4, -0.2) is 41.0 Å². The maximum absolute atomic E-state index is 13.3. The molecule has 26 heavy (non-hydrogen) atoms. The number of oxazole rings is 1. The van der Waals surface area contributed by atoms with Gasteiger partial charge in [-0.15, -0.1) is 11.3 Å². The Kier molecular flexibility index (Phi) is 4.56. The van der Waals surface area contributed by atoms with Crippen LogP contribution in [0.1, 0.15) is 48.4 Å². The van der Waals surface area contributed by atoms with Gasteiger partial charge in [0.1, 0.15) is 11.8 Å². The van der Waals surface area contributed by atoms with Crippen molar-refractivity contribution in [2.24, 2.45) is 5.92 Å². The molecular formula is C19H22N2O4S.